The van der Waals surface area contributed by atoms with Gasteiger partial charge in [0.2, 0.25) is 10.0 Å². The Morgan fingerprint density at radius 3 is 2.79 bits per heavy atom. The third-order valence-corrected chi connectivity index (χ3v) is 5.13. The molecule has 2 aliphatic heterocycles. The van der Waals surface area contributed by atoms with Crippen LogP contribution in [0.4, 0.5) is 0 Å². The molecule has 0 aliphatic carbocycles. The fraction of sp³-hybridized carbons (Fsp3) is 1.00. The predicted molar refractivity (Wildman–Crippen MR) is 74.7 cm³/mol. The lowest BCUT2D eigenvalue weighted by Gasteiger charge is -2.29. The van der Waals surface area contributed by atoms with E-state index in [0.717, 1.165) is 39.0 Å². The first kappa shape index (κ1) is 15.2. The van der Waals surface area contributed by atoms with Crippen molar-refractivity contribution in [3.8, 4) is 0 Å². The van der Waals surface area contributed by atoms with Crippen molar-refractivity contribution in [3.63, 3.8) is 0 Å². The van der Waals surface area contributed by atoms with Gasteiger partial charge in [-0.25, -0.2) is 13.1 Å². The van der Waals surface area contributed by atoms with Crippen LogP contribution in [0.1, 0.15) is 19.8 Å². The highest BCUT2D eigenvalue weighted by Gasteiger charge is 2.24. The molecule has 2 heterocycles. The number of nitrogens with zero attached hydrogens (tertiary/aromatic N) is 1. The molecule has 2 N–H and O–H groups in total. The van der Waals surface area contributed by atoms with Crippen LogP contribution in [-0.4, -0.2) is 70.5 Å². The number of rotatable bonds is 5. The first-order valence-corrected chi connectivity index (χ1v) is 8.75. The molecule has 2 saturated heterocycles. The van der Waals surface area contributed by atoms with Crippen molar-refractivity contribution < 1.29 is 13.2 Å². The Hall–Kier alpha value is -0.210. The first-order chi connectivity index (χ1) is 9.05. The molecule has 0 spiro atoms. The topological polar surface area (TPSA) is 70.7 Å². The summed E-state index contributed by atoms with van der Waals surface area (Å²) in [6.07, 6.45) is 1.69. The molecule has 0 aromatic carbocycles. The summed E-state index contributed by atoms with van der Waals surface area (Å²) in [7, 11) is -3.17. The summed E-state index contributed by atoms with van der Waals surface area (Å²) in [5.74, 6) is 0.193. The van der Waals surface area contributed by atoms with E-state index in [0.29, 0.717) is 13.2 Å². The smallest absolute Gasteiger partial charge is 0.213 e. The molecule has 19 heavy (non-hydrogen) atoms. The van der Waals surface area contributed by atoms with Crippen LogP contribution in [0.3, 0.4) is 0 Å². The van der Waals surface area contributed by atoms with Crippen LogP contribution in [0.15, 0.2) is 0 Å². The lowest BCUT2D eigenvalue weighted by molar-refractivity contribution is 0.0173. The summed E-state index contributed by atoms with van der Waals surface area (Å²) >= 11 is 0. The molecule has 2 fully saturated rings. The molecule has 0 bridgehead atoms. The van der Waals surface area contributed by atoms with E-state index in [9.17, 15) is 8.42 Å². The minimum Gasteiger partial charge on any atom is -0.378 e. The first-order valence-electron chi connectivity index (χ1n) is 7.10. The number of hydrogen-bond donors (Lipinski definition) is 2. The van der Waals surface area contributed by atoms with Crippen LogP contribution in [0.5, 0.6) is 0 Å². The number of sulfonamides is 1. The van der Waals surface area contributed by atoms with E-state index >= 15 is 0 Å². The van der Waals surface area contributed by atoms with E-state index in [2.05, 4.69) is 14.9 Å². The van der Waals surface area contributed by atoms with Gasteiger partial charge in [0, 0.05) is 45.4 Å². The zero-order chi connectivity index (χ0) is 13.7. The van der Waals surface area contributed by atoms with Gasteiger partial charge in [-0.3, -0.25) is 4.90 Å². The third kappa shape index (κ3) is 5.35. The highest BCUT2D eigenvalue weighted by molar-refractivity contribution is 7.89. The monoisotopic (exact) mass is 291 g/mol. The summed E-state index contributed by atoms with van der Waals surface area (Å²) in [5.41, 5.74) is 0. The average Bonchev–Trinajstić information content (AvgIpc) is 2.37. The van der Waals surface area contributed by atoms with Crippen molar-refractivity contribution in [2.75, 3.05) is 45.1 Å². The molecule has 2 rings (SSSR count). The number of nitrogens with one attached hydrogen (secondary N) is 2. The Bertz CT molecular complexity index is 368. The molecule has 0 radical (unpaired) electrons. The van der Waals surface area contributed by atoms with Gasteiger partial charge in [0.25, 0.3) is 0 Å². The Labute approximate surface area is 115 Å². The third-order valence-electron chi connectivity index (χ3n) is 3.72. The average molecular weight is 291 g/mol. The van der Waals surface area contributed by atoms with E-state index in [1.165, 1.54) is 0 Å². The van der Waals surface area contributed by atoms with Crippen LogP contribution in [0.2, 0.25) is 0 Å². The fourth-order valence-electron chi connectivity index (χ4n) is 2.60. The van der Waals surface area contributed by atoms with Gasteiger partial charge in [-0.05, 0) is 19.8 Å². The summed E-state index contributed by atoms with van der Waals surface area (Å²) in [6.45, 7) is 7.02. The van der Waals surface area contributed by atoms with Crippen molar-refractivity contribution >= 4 is 10.0 Å². The highest BCUT2D eigenvalue weighted by Crippen LogP contribution is 2.14. The predicted octanol–water partition coefficient (Wildman–Crippen LogP) is -0.621. The molecule has 7 heteroatoms. The summed E-state index contributed by atoms with van der Waals surface area (Å²) < 4.78 is 32.4. The lowest BCUT2D eigenvalue weighted by atomic mass is 10.1. The van der Waals surface area contributed by atoms with Crippen molar-refractivity contribution in [2.45, 2.75) is 31.9 Å². The second-order valence-corrected chi connectivity index (χ2v) is 7.30. The zero-order valence-electron chi connectivity index (χ0n) is 11.6. The minimum atomic E-state index is -3.17. The van der Waals surface area contributed by atoms with E-state index in [1.54, 1.807) is 0 Å². The van der Waals surface area contributed by atoms with Crippen LogP contribution in [0.25, 0.3) is 0 Å². The molecule has 0 amide bonds. The van der Waals surface area contributed by atoms with Crippen LogP contribution >= 0.6 is 0 Å². The van der Waals surface area contributed by atoms with Crippen molar-refractivity contribution in [1.29, 1.82) is 0 Å². The van der Waals surface area contributed by atoms with Crippen LogP contribution in [-0.2, 0) is 14.8 Å². The molecule has 0 aromatic rings. The maximum Gasteiger partial charge on any atom is 0.213 e. The molecular weight excluding hydrogens is 266 g/mol. The van der Waals surface area contributed by atoms with Gasteiger partial charge >= 0.3 is 0 Å². The zero-order valence-corrected chi connectivity index (χ0v) is 12.4. The van der Waals surface area contributed by atoms with E-state index in [-0.39, 0.29) is 17.9 Å². The van der Waals surface area contributed by atoms with Gasteiger partial charge in [0.1, 0.15) is 0 Å². The Balaban J connectivity index is 1.74. The maximum absolute atomic E-state index is 12.1. The van der Waals surface area contributed by atoms with Crippen molar-refractivity contribution in [1.82, 2.24) is 14.9 Å². The Kier molecular flexibility index (Phi) is 5.58. The van der Waals surface area contributed by atoms with Crippen molar-refractivity contribution in [3.05, 3.63) is 0 Å². The molecule has 2 unspecified atom stereocenters. The molecule has 112 valence electrons. The quantitative estimate of drug-likeness (QED) is 0.706. The molecular formula is C12H25N3O3S. The lowest BCUT2D eigenvalue weighted by Crippen LogP contribution is -2.47. The Morgan fingerprint density at radius 1 is 1.37 bits per heavy atom. The number of ether oxygens (including phenoxy) is 1. The minimum absolute atomic E-state index is 0.0387. The fourth-order valence-corrected chi connectivity index (χ4v) is 3.94. The van der Waals surface area contributed by atoms with Crippen molar-refractivity contribution in [2.24, 2.45) is 0 Å². The summed E-state index contributed by atoms with van der Waals surface area (Å²) in [4.78, 5) is 2.20. The standard InChI is InChI=1S/C12H25N3O3S/c1-11-10-12(2-8-18-11)14-19(16,17)9-7-15-5-3-13-4-6-15/h11-14H,2-10H2,1H3. The SMILES string of the molecule is CC1CC(NS(=O)(=O)CCN2CCNCC2)CCO1. The highest BCUT2D eigenvalue weighted by atomic mass is 32.2. The van der Waals surface area contributed by atoms with Crippen LogP contribution in [0, 0.1) is 0 Å². The largest absolute Gasteiger partial charge is 0.378 e. The van der Waals surface area contributed by atoms with E-state index in [4.69, 9.17) is 4.74 Å². The molecule has 2 atom stereocenters. The van der Waals surface area contributed by atoms with Gasteiger partial charge in [0.05, 0.1) is 11.9 Å². The molecule has 0 aromatic heterocycles. The summed E-state index contributed by atoms with van der Waals surface area (Å²) in [5, 5.41) is 3.26. The normalized spacial score (nSPS) is 30.4. The van der Waals surface area contributed by atoms with E-state index in [1.807, 2.05) is 6.92 Å². The van der Waals surface area contributed by atoms with Gasteiger partial charge < -0.3 is 10.1 Å². The number of piperazine rings is 1. The Morgan fingerprint density at radius 2 is 2.11 bits per heavy atom. The summed E-state index contributed by atoms with van der Waals surface area (Å²) in [6, 6.07) is 0.0387. The second kappa shape index (κ2) is 6.99. The van der Waals surface area contributed by atoms with Gasteiger partial charge in [-0.15, -0.1) is 0 Å². The van der Waals surface area contributed by atoms with Gasteiger partial charge in [-0.1, -0.05) is 0 Å². The molecule has 0 saturated carbocycles. The molecule has 6 nitrogen and oxygen atoms in total. The van der Waals surface area contributed by atoms with E-state index < -0.39 is 10.0 Å². The second-order valence-electron chi connectivity index (χ2n) is 5.43. The van der Waals surface area contributed by atoms with Crippen LogP contribution < -0.4 is 10.0 Å². The van der Waals surface area contributed by atoms with Gasteiger partial charge in [0.15, 0.2) is 0 Å². The maximum atomic E-state index is 12.1. The van der Waals surface area contributed by atoms with Gasteiger partial charge in [-0.2, -0.15) is 0 Å². The molecule has 2 aliphatic rings. The number of hydrogen-bond acceptors (Lipinski definition) is 5.